The molecule has 2 aliphatic rings. The molecule has 0 amide bonds. The van der Waals surface area contributed by atoms with Crippen LogP contribution in [0.2, 0.25) is 0 Å². The Morgan fingerprint density at radius 2 is 1.87 bits per heavy atom. The van der Waals surface area contributed by atoms with Crippen LogP contribution in [0, 0.1) is 0 Å². The summed E-state index contributed by atoms with van der Waals surface area (Å²) < 4.78 is 6.09. The first-order valence-electron chi connectivity index (χ1n) is 6.02. The standard InChI is InChI=1S/C12H23NOS/c1-11(2,15-3)14-10-12-6-4-8-13(12)9-5-7-12/h4-10H2,1-3H3. The first kappa shape index (κ1) is 11.7. The Balaban J connectivity index is 1.93. The minimum atomic E-state index is -0.0222. The Morgan fingerprint density at radius 3 is 2.40 bits per heavy atom. The Labute approximate surface area is 97.7 Å². The molecule has 0 atom stereocenters. The summed E-state index contributed by atoms with van der Waals surface area (Å²) in [4.78, 5) is 2.63. The lowest BCUT2D eigenvalue weighted by molar-refractivity contribution is -0.0137. The van der Waals surface area contributed by atoms with Gasteiger partial charge in [-0.25, -0.2) is 0 Å². The van der Waals surface area contributed by atoms with E-state index < -0.39 is 0 Å². The van der Waals surface area contributed by atoms with Gasteiger partial charge in [-0.05, 0) is 58.9 Å². The minimum absolute atomic E-state index is 0.0222. The van der Waals surface area contributed by atoms with E-state index >= 15 is 0 Å². The fourth-order valence-corrected chi connectivity index (χ4v) is 3.00. The Morgan fingerprint density at radius 1 is 1.27 bits per heavy atom. The van der Waals surface area contributed by atoms with E-state index in [1.807, 2.05) is 0 Å². The molecule has 0 aromatic rings. The third-order valence-electron chi connectivity index (χ3n) is 3.99. The molecule has 0 spiro atoms. The van der Waals surface area contributed by atoms with Crippen molar-refractivity contribution in [3.63, 3.8) is 0 Å². The van der Waals surface area contributed by atoms with E-state index in [0.717, 1.165) is 6.61 Å². The van der Waals surface area contributed by atoms with Gasteiger partial charge in [-0.3, -0.25) is 4.90 Å². The zero-order valence-electron chi connectivity index (χ0n) is 10.2. The molecule has 0 radical (unpaired) electrons. The largest absolute Gasteiger partial charge is 0.363 e. The van der Waals surface area contributed by atoms with Crippen molar-refractivity contribution in [1.29, 1.82) is 0 Å². The zero-order chi connectivity index (χ0) is 10.9. The van der Waals surface area contributed by atoms with Gasteiger partial charge in [0.05, 0.1) is 6.61 Å². The Hall–Kier alpha value is 0.270. The number of fused-ring (bicyclic) bond motifs is 1. The molecule has 0 bridgehead atoms. The zero-order valence-corrected chi connectivity index (χ0v) is 11.0. The van der Waals surface area contributed by atoms with E-state index in [2.05, 4.69) is 25.0 Å². The van der Waals surface area contributed by atoms with Crippen LogP contribution in [0.15, 0.2) is 0 Å². The SMILES string of the molecule is CSC(C)(C)OCC12CCCN1CCC2. The van der Waals surface area contributed by atoms with Crippen LogP contribution in [0.3, 0.4) is 0 Å². The predicted octanol–water partition coefficient (Wildman–Crippen LogP) is 2.73. The molecule has 0 unspecified atom stereocenters. The highest BCUT2D eigenvalue weighted by atomic mass is 32.2. The maximum Gasteiger partial charge on any atom is 0.107 e. The van der Waals surface area contributed by atoms with Crippen LogP contribution in [0.25, 0.3) is 0 Å². The molecule has 88 valence electrons. The lowest BCUT2D eigenvalue weighted by Crippen LogP contribution is -2.44. The molecule has 2 saturated heterocycles. The van der Waals surface area contributed by atoms with Gasteiger partial charge in [-0.2, -0.15) is 0 Å². The van der Waals surface area contributed by atoms with Gasteiger partial charge in [0.2, 0.25) is 0 Å². The lowest BCUT2D eigenvalue weighted by atomic mass is 9.95. The number of ether oxygens (including phenoxy) is 1. The van der Waals surface area contributed by atoms with E-state index in [0.29, 0.717) is 5.54 Å². The quantitative estimate of drug-likeness (QED) is 0.688. The molecule has 3 heteroatoms. The summed E-state index contributed by atoms with van der Waals surface area (Å²) in [6.45, 7) is 7.86. The molecule has 0 saturated carbocycles. The lowest BCUT2D eigenvalue weighted by Gasteiger charge is -2.35. The highest BCUT2D eigenvalue weighted by Gasteiger charge is 2.45. The summed E-state index contributed by atoms with van der Waals surface area (Å²) in [6, 6.07) is 0. The van der Waals surface area contributed by atoms with Crippen LogP contribution in [0.5, 0.6) is 0 Å². The van der Waals surface area contributed by atoms with E-state index in [1.54, 1.807) is 11.8 Å². The fourth-order valence-electron chi connectivity index (χ4n) is 2.83. The van der Waals surface area contributed by atoms with Crippen molar-refractivity contribution in [2.75, 3.05) is 26.0 Å². The van der Waals surface area contributed by atoms with Gasteiger partial charge < -0.3 is 4.74 Å². The maximum atomic E-state index is 6.09. The molecule has 15 heavy (non-hydrogen) atoms. The van der Waals surface area contributed by atoms with Crippen molar-refractivity contribution >= 4 is 11.8 Å². The second-order valence-electron chi connectivity index (χ2n) is 5.31. The topological polar surface area (TPSA) is 12.5 Å². The highest BCUT2D eigenvalue weighted by Crippen LogP contribution is 2.40. The molecule has 0 aromatic carbocycles. The Bertz CT molecular complexity index is 220. The van der Waals surface area contributed by atoms with Crippen molar-refractivity contribution in [3.05, 3.63) is 0 Å². The summed E-state index contributed by atoms with van der Waals surface area (Å²) in [5.41, 5.74) is 0.410. The van der Waals surface area contributed by atoms with Gasteiger partial charge >= 0.3 is 0 Å². The number of hydrogen-bond donors (Lipinski definition) is 0. The smallest absolute Gasteiger partial charge is 0.107 e. The second-order valence-corrected chi connectivity index (χ2v) is 6.70. The molecule has 2 rings (SSSR count). The molecular weight excluding hydrogens is 206 g/mol. The Kier molecular flexibility index (Phi) is 3.34. The normalized spacial score (nSPS) is 25.8. The number of hydrogen-bond acceptors (Lipinski definition) is 3. The third-order valence-corrected chi connectivity index (χ3v) is 5.09. The van der Waals surface area contributed by atoms with E-state index in [1.165, 1.54) is 38.8 Å². The first-order chi connectivity index (χ1) is 7.08. The molecule has 2 heterocycles. The molecular formula is C12H23NOS. The molecule has 2 fully saturated rings. The molecule has 0 aromatic heterocycles. The summed E-state index contributed by atoms with van der Waals surface area (Å²) in [5.74, 6) is 0. The minimum Gasteiger partial charge on any atom is -0.363 e. The van der Waals surface area contributed by atoms with Crippen molar-refractivity contribution in [2.24, 2.45) is 0 Å². The number of thioether (sulfide) groups is 1. The fraction of sp³-hybridized carbons (Fsp3) is 1.00. The first-order valence-corrected chi connectivity index (χ1v) is 7.25. The summed E-state index contributed by atoms with van der Waals surface area (Å²) in [6.07, 6.45) is 7.54. The second kappa shape index (κ2) is 4.27. The van der Waals surface area contributed by atoms with Crippen LogP contribution in [0.4, 0.5) is 0 Å². The van der Waals surface area contributed by atoms with E-state index in [-0.39, 0.29) is 4.93 Å². The van der Waals surface area contributed by atoms with Crippen molar-refractivity contribution in [3.8, 4) is 0 Å². The molecule has 0 aliphatic carbocycles. The van der Waals surface area contributed by atoms with Gasteiger partial charge in [0.1, 0.15) is 4.93 Å². The van der Waals surface area contributed by atoms with Crippen molar-refractivity contribution in [1.82, 2.24) is 4.90 Å². The number of rotatable bonds is 4. The molecule has 2 aliphatic heterocycles. The van der Waals surface area contributed by atoms with Crippen LogP contribution in [0.1, 0.15) is 39.5 Å². The number of nitrogens with zero attached hydrogens (tertiary/aromatic N) is 1. The predicted molar refractivity (Wildman–Crippen MR) is 66.3 cm³/mol. The van der Waals surface area contributed by atoms with Gasteiger partial charge in [-0.1, -0.05) is 0 Å². The van der Waals surface area contributed by atoms with Gasteiger partial charge in [-0.15, -0.1) is 11.8 Å². The summed E-state index contributed by atoms with van der Waals surface area (Å²) in [5, 5.41) is 0. The van der Waals surface area contributed by atoms with E-state index in [4.69, 9.17) is 4.74 Å². The van der Waals surface area contributed by atoms with Crippen LogP contribution in [-0.2, 0) is 4.74 Å². The highest BCUT2D eigenvalue weighted by molar-refractivity contribution is 7.99. The summed E-state index contributed by atoms with van der Waals surface area (Å²) in [7, 11) is 0. The maximum absolute atomic E-state index is 6.09. The molecule has 2 nitrogen and oxygen atoms in total. The third kappa shape index (κ3) is 2.34. The molecule has 0 N–H and O–H groups in total. The summed E-state index contributed by atoms with van der Waals surface area (Å²) >= 11 is 1.80. The van der Waals surface area contributed by atoms with Crippen LogP contribution < -0.4 is 0 Å². The van der Waals surface area contributed by atoms with Crippen molar-refractivity contribution < 1.29 is 4.74 Å². The van der Waals surface area contributed by atoms with Crippen molar-refractivity contribution in [2.45, 2.75) is 50.0 Å². The average molecular weight is 229 g/mol. The van der Waals surface area contributed by atoms with Gasteiger partial charge in [0.15, 0.2) is 0 Å². The van der Waals surface area contributed by atoms with Crippen LogP contribution >= 0.6 is 11.8 Å². The average Bonchev–Trinajstić information content (AvgIpc) is 2.73. The monoisotopic (exact) mass is 229 g/mol. The van der Waals surface area contributed by atoms with E-state index in [9.17, 15) is 0 Å². The van der Waals surface area contributed by atoms with Crippen LogP contribution in [-0.4, -0.2) is 41.3 Å². The van der Waals surface area contributed by atoms with Gasteiger partial charge in [0.25, 0.3) is 0 Å². The van der Waals surface area contributed by atoms with Gasteiger partial charge in [0, 0.05) is 5.54 Å².